The molecule has 1 saturated heterocycles. The van der Waals surface area contributed by atoms with Crippen LogP contribution in [0.25, 0.3) is 0 Å². The predicted octanol–water partition coefficient (Wildman–Crippen LogP) is 0.553. The zero-order valence-electron chi connectivity index (χ0n) is 23.6. The molecule has 1 fully saturated rings. The number of thiocarbonyl (C=S) groups is 1. The summed E-state index contributed by atoms with van der Waals surface area (Å²) in [6.07, 6.45) is 0.413. The molecule has 1 aromatic carbocycles. The minimum absolute atomic E-state index is 0.179. The van der Waals surface area contributed by atoms with Crippen molar-refractivity contribution in [1.29, 1.82) is 0 Å². The highest BCUT2D eigenvalue weighted by Crippen LogP contribution is 2.17. The number of nitrogens with zero attached hydrogens (tertiary/aromatic N) is 4. The fourth-order valence-electron chi connectivity index (χ4n) is 4.64. The zero-order chi connectivity index (χ0) is 30.5. The van der Waals surface area contributed by atoms with E-state index in [2.05, 4.69) is 5.32 Å². The van der Waals surface area contributed by atoms with Gasteiger partial charge < -0.3 is 25.7 Å². The average Bonchev–Trinajstić information content (AvgIpc) is 2.86. The Kier molecular flexibility index (Phi) is 14.1. The highest BCUT2D eigenvalue weighted by molar-refractivity contribution is 7.80. The molecule has 0 spiro atoms. The van der Waals surface area contributed by atoms with Crippen LogP contribution in [-0.2, 0) is 25.6 Å². The van der Waals surface area contributed by atoms with E-state index in [0.717, 1.165) is 11.3 Å². The van der Waals surface area contributed by atoms with E-state index in [1.54, 1.807) is 19.6 Å². The highest BCUT2D eigenvalue weighted by atomic mass is 32.1. The van der Waals surface area contributed by atoms with Gasteiger partial charge in [-0.25, -0.2) is 0 Å². The second-order valence-electron chi connectivity index (χ2n) is 10.5. The van der Waals surface area contributed by atoms with Crippen LogP contribution in [0.1, 0.15) is 19.4 Å². The number of carbonyl (C=O) groups is 4. The van der Waals surface area contributed by atoms with Gasteiger partial charge in [0, 0.05) is 63.5 Å². The van der Waals surface area contributed by atoms with Crippen molar-refractivity contribution in [2.24, 2.45) is 5.92 Å². The number of carboxylic acids is 4. The Morgan fingerprint density at radius 2 is 1.20 bits per heavy atom. The molecule has 0 aromatic heterocycles. The molecular weight excluding hydrogens is 554 g/mol. The lowest BCUT2D eigenvalue weighted by atomic mass is 10.0. The van der Waals surface area contributed by atoms with Crippen molar-refractivity contribution >= 4 is 46.8 Å². The molecular formula is C27H41N5O8S. The number of anilines is 1. The molecule has 1 aliphatic heterocycles. The van der Waals surface area contributed by atoms with Crippen molar-refractivity contribution in [1.82, 2.24) is 19.6 Å². The van der Waals surface area contributed by atoms with Crippen molar-refractivity contribution in [2.75, 3.05) is 77.3 Å². The highest BCUT2D eigenvalue weighted by Gasteiger charge is 2.27. The van der Waals surface area contributed by atoms with Crippen LogP contribution < -0.4 is 5.32 Å². The second kappa shape index (κ2) is 16.9. The SMILES string of the molecule is CC(C)C(=S)Nc1ccc(CC2CN(CC(=O)O)CCN(CC(=O)O)CCN(CC(=O)O)CCN2CC(=O)O)cc1. The normalized spacial score (nSPS) is 18.8. The van der Waals surface area contributed by atoms with Gasteiger partial charge in [0.25, 0.3) is 0 Å². The molecule has 1 unspecified atom stereocenters. The van der Waals surface area contributed by atoms with Gasteiger partial charge in [-0.3, -0.25) is 38.8 Å². The summed E-state index contributed by atoms with van der Waals surface area (Å²) in [5.41, 5.74) is 1.73. The summed E-state index contributed by atoms with van der Waals surface area (Å²) in [7, 11) is 0. The number of aliphatic carboxylic acids is 4. The topological polar surface area (TPSA) is 174 Å². The lowest BCUT2D eigenvalue weighted by Gasteiger charge is -2.37. The predicted molar refractivity (Wildman–Crippen MR) is 156 cm³/mol. The summed E-state index contributed by atoms with van der Waals surface area (Å²) in [6, 6.07) is 7.17. The average molecular weight is 596 g/mol. The maximum absolute atomic E-state index is 11.9. The van der Waals surface area contributed by atoms with Crippen LogP contribution in [0.5, 0.6) is 0 Å². The molecule has 1 heterocycles. The first-order chi connectivity index (χ1) is 19.3. The Morgan fingerprint density at radius 1 is 0.756 bits per heavy atom. The van der Waals surface area contributed by atoms with E-state index in [4.69, 9.17) is 12.2 Å². The van der Waals surface area contributed by atoms with Crippen molar-refractivity contribution in [2.45, 2.75) is 26.3 Å². The first-order valence-corrected chi connectivity index (χ1v) is 13.9. The fraction of sp³-hybridized carbons (Fsp3) is 0.593. The van der Waals surface area contributed by atoms with Crippen molar-refractivity contribution < 1.29 is 39.6 Å². The molecule has 1 aromatic rings. The van der Waals surface area contributed by atoms with Gasteiger partial charge in [0.2, 0.25) is 0 Å². The first-order valence-electron chi connectivity index (χ1n) is 13.5. The summed E-state index contributed by atoms with van der Waals surface area (Å²) in [5.74, 6) is -4.00. The molecule has 0 saturated carbocycles. The van der Waals surface area contributed by atoms with Gasteiger partial charge >= 0.3 is 23.9 Å². The lowest BCUT2D eigenvalue weighted by Crippen LogP contribution is -2.53. The van der Waals surface area contributed by atoms with Crippen LogP contribution in [0.3, 0.4) is 0 Å². The van der Waals surface area contributed by atoms with Gasteiger partial charge in [0.05, 0.1) is 31.2 Å². The number of carboxylic acid groups (broad SMARTS) is 4. The quantitative estimate of drug-likeness (QED) is 0.212. The number of rotatable bonds is 12. The van der Waals surface area contributed by atoms with E-state index in [1.807, 2.05) is 38.1 Å². The molecule has 14 heteroatoms. The van der Waals surface area contributed by atoms with Gasteiger partial charge in [-0.1, -0.05) is 38.2 Å². The van der Waals surface area contributed by atoms with E-state index in [9.17, 15) is 39.6 Å². The molecule has 0 amide bonds. The van der Waals surface area contributed by atoms with Crippen molar-refractivity contribution in [3.05, 3.63) is 29.8 Å². The second-order valence-corrected chi connectivity index (χ2v) is 11.0. The Bertz CT molecular complexity index is 1050. The van der Waals surface area contributed by atoms with E-state index >= 15 is 0 Å². The van der Waals surface area contributed by atoms with Gasteiger partial charge in [0.1, 0.15) is 0 Å². The van der Waals surface area contributed by atoms with E-state index in [-0.39, 0.29) is 77.9 Å². The zero-order valence-corrected chi connectivity index (χ0v) is 24.4. The van der Waals surface area contributed by atoms with Crippen molar-refractivity contribution in [3.63, 3.8) is 0 Å². The molecule has 0 radical (unpaired) electrons. The Hall–Kier alpha value is -3.17. The molecule has 13 nitrogen and oxygen atoms in total. The van der Waals surface area contributed by atoms with Crippen molar-refractivity contribution in [3.8, 4) is 0 Å². The van der Waals surface area contributed by atoms with Gasteiger partial charge in [-0.05, 0) is 24.1 Å². The summed E-state index contributed by atoms with van der Waals surface area (Å²) >= 11 is 5.36. The third-order valence-corrected chi connectivity index (χ3v) is 7.36. The fourth-order valence-corrected chi connectivity index (χ4v) is 4.76. The minimum Gasteiger partial charge on any atom is -0.480 e. The Labute approximate surface area is 245 Å². The monoisotopic (exact) mass is 595 g/mol. The largest absolute Gasteiger partial charge is 0.480 e. The molecule has 2 rings (SSSR count). The summed E-state index contributed by atoms with van der Waals surface area (Å²) in [5, 5.41) is 41.3. The molecule has 41 heavy (non-hydrogen) atoms. The third kappa shape index (κ3) is 13.4. The molecule has 1 atom stereocenters. The standard InChI is InChI=1S/C27H41N5O8S/c1-19(2)27(41)28-21-5-3-20(4-6-21)13-22-14-31(17-25(37)38)10-9-29(15-23(33)34)7-8-30(16-24(35)36)11-12-32(22)18-26(39)40/h3-6,19,22H,7-18H2,1-2H3,(H,28,41)(H,33,34)(H,35,36)(H,37,38)(H,39,40). The number of benzene rings is 1. The van der Waals surface area contributed by atoms with E-state index in [0.29, 0.717) is 11.4 Å². The number of nitrogens with one attached hydrogen (secondary N) is 1. The van der Waals surface area contributed by atoms with E-state index in [1.165, 1.54) is 0 Å². The summed E-state index contributed by atoms with van der Waals surface area (Å²) < 4.78 is 0. The van der Waals surface area contributed by atoms with Gasteiger partial charge in [0.15, 0.2) is 0 Å². The molecule has 0 aliphatic carbocycles. The molecule has 1 aliphatic rings. The van der Waals surface area contributed by atoms with Crippen LogP contribution in [0, 0.1) is 5.92 Å². The minimum atomic E-state index is -1.05. The maximum Gasteiger partial charge on any atom is 0.317 e. The molecule has 5 N–H and O–H groups in total. The van der Waals surface area contributed by atoms with Crippen LogP contribution in [-0.4, -0.2) is 147 Å². The summed E-state index contributed by atoms with van der Waals surface area (Å²) in [4.78, 5) is 54.0. The van der Waals surface area contributed by atoms with Crippen LogP contribution in [0.15, 0.2) is 24.3 Å². The Balaban J connectivity index is 2.38. The smallest absolute Gasteiger partial charge is 0.317 e. The lowest BCUT2D eigenvalue weighted by molar-refractivity contribution is -0.142. The number of hydrogen-bond donors (Lipinski definition) is 5. The van der Waals surface area contributed by atoms with Gasteiger partial charge in [-0.15, -0.1) is 0 Å². The molecule has 228 valence electrons. The van der Waals surface area contributed by atoms with Crippen LogP contribution in [0.4, 0.5) is 5.69 Å². The maximum atomic E-state index is 11.9. The van der Waals surface area contributed by atoms with Gasteiger partial charge in [-0.2, -0.15) is 0 Å². The molecule has 0 bridgehead atoms. The third-order valence-electron chi connectivity index (χ3n) is 6.79. The van der Waals surface area contributed by atoms with Crippen LogP contribution >= 0.6 is 12.2 Å². The van der Waals surface area contributed by atoms with E-state index < -0.39 is 29.9 Å². The number of hydrogen-bond acceptors (Lipinski definition) is 9. The van der Waals surface area contributed by atoms with Crippen LogP contribution in [0.2, 0.25) is 0 Å². The first kappa shape index (κ1) is 34.0. The Morgan fingerprint density at radius 3 is 1.66 bits per heavy atom. The summed E-state index contributed by atoms with van der Waals surface area (Å²) in [6.45, 7) is 4.56.